The molecule has 0 saturated heterocycles. The second-order valence-electron chi connectivity index (χ2n) is 4.98. The Morgan fingerprint density at radius 3 is 2.43 bits per heavy atom. The average Bonchev–Trinajstić information content (AvgIpc) is 2.48. The van der Waals surface area contributed by atoms with Gasteiger partial charge in [0.05, 0.1) is 5.69 Å². The molecule has 0 unspecified atom stereocenters. The van der Waals surface area contributed by atoms with E-state index in [1.54, 1.807) is 0 Å². The maximum absolute atomic E-state index is 4.31. The lowest BCUT2D eigenvalue weighted by Gasteiger charge is -2.23. The van der Waals surface area contributed by atoms with Gasteiger partial charge in [0, 0.05) is 12.2 Å². The second kappa shape index (κ2) is 3.60. The number of hydrogen-bond donors (Lipinski definition) is 0. The van der Waals surface area contributed by atoms with Crippen LogP contribution in [-0.2, 0) is 0 Å². The molecule has 0 saturated carbocycles. The molecule has 2 nitrogen and oxygen atoms in total. The van der Waals surface area contributed by atoms with Crippen LogP contribution < -0.4 is 0 Å². The van der Waals surface area contributed by atoms with Crippen molar-refractivity contribution in [2.45, 2.75) is 40.7 Å². The Morgan fingerprint density at radius 2 is 2.00 bits per heavy atom. The zero-order chi connectivity index (χ0) is 10.9. The molecule has 0 aliphatic carbocycles. The van der Waals surface area contributed by atoms with Crippen molar-refractivity contribution in [3.05, 3.63) is 24.5 Å². The van der Waals surface area contributed by atoms with E-state index in [4.69, 9.17) is 0 Å². The summed E-state index contributed by atoms with van der Waals surface area (Å²) in [6.07, 6.45) is 1.84. The third-order valence-electron chi connectivity index (χ3n) is 2.37. The smallest absolute Gasteiger partial charge is 0.0644 e. The van der Waals surface area contributed by atoms with E-state index in [9.17, 15) is 0 Å². The first-order chi connectivity index (χ1) is 6.34. The molecule has 0 fully saturated rings. The minimum Gasteiger partial charge on any atom is -0.263 e. The molecule has 78 valence electrons. The normalized spacial score (nSPS) is 12.1. The summed E-state index contributed by atoms with van der Waals surface area (Å²) in [7, 11) is 0. The van der Waals surface area contributed by atoms with Crippen LogP contribution in [0.5, 0.6) is 0 Å². The van der Waals surface area contributed by atoms with Crippen LogP contribution in [0, 0.1) is 5.41 Å². The zero-order valence-corrected chi connectivity index (χ0v) is 9.83. The fourth-order valence-electron chi connectivity index (χ4n) is 1.35. The van der Waals surface area contributed by atoms with Crippen LogP contribution in [0.2, 0.25) is 0 Å². The van der Waals surface area contributed by atoms with E-state index in [0.29, 0.717) is 6.04 Å². The first kappa shape index (κ1) is 11.0. The highest BCUT2D eigenvalue weighted by atomic mass is 15.3. The van der Waals surface area contributed by atoms with Crippen molar-refractivity contribution in [1.29, 1.82) is 0 Å². The van der Waals surface area contributed by atoms with Gasteiger partial charge in [0.2, 0.25) is 0 Å². The number of rotatable bonds is 2. The summed E-state index contributed by atoms with van der Waals surface area (Å²) in [5.74, 6) is 0. The van der Waals surface area contributed by atoms with Gasteiger partial charge in [-0.15, -0.1) is 0 Å². The van der Waals surface area contributed by atoms with E-state index < -0.39 is 0 Å². The van der Waals surface area contributed by atoms with Crippen LogP contribution in [0.15, 0.2) is 18.8 Å². The Labute approximate surface area is 86.6 Å². The number of nitrogens with zero attached hydrogens (tertiary/aromatic N) is 2. The van der Waals surface area contributed by atoms with E-state index in [-0.39, 0.29) is 5.41 Å². The van der Waals surface area contributed by atoms with Gasteiger partial charge < -0.3 is 0 Å². The Morgan fingerprint density at radius 1 is 1.43 bits per heavy atom. The van der Waals surface area contributed by atoms with Gasteiger partial charge >= 0.3 is 0 Å². The Hall–Kier alpha value is -1.05. The molecule has 0 spiro atoms. The lowest BCUT2D eigenvalue weighted by atomic mass is 9.85. The van der Waals surface area contributed by atoms with Crippen LogP contribution >= 0.6 is 0 Å². The van der Waals surface area contributed by atoms with Gasteiger partial charge in [-0.2, -0.15) is 5.10 Å². The molecule has 0 amide bonds. The van der Waals surface area contributed by atoms with E-state index in [0.717, 1.165) is 11.3 Å². The third-order valence-corrected chi connectivity index (χ3v) is 2.37. The van der Waals surface area contributed by atoms with Crippen molar-refractivity contribution in [3.63, 3.8) is 0 Å². The Bertz CT molecular complexity index is 326. The average molecular weight is 192 g/mol. The number of allylic oxidation sites excluding steroid dienone is 1. The van der Waals surface area contributed by atoms with Gasteiger partial charge in [-0.05, 0) is 30.9 Å². The molecule has 0 aliphatic rings. The molecule has 1 aromatic heterocycles. The minimum atomic E-state index is 0.104. The summed E-state index contributed by atoms with van der Waals surface area (Å²) in [5.41, 5.74) is 2.39. The summed E-state index contributed by atoms with van der Waals surface area (Å²) < 4.78 is 2.02. The lowest BCUT2D eigenvalue weighted by molar-refractivity contribution is 0.506. The summed E-state index contributed by atoms with van der Waals surface area (Å²) in [4.78, 5) is 0. The molecule has 2 heteroatoms. The highest BCUT2D eigenvalue weighted by molar-refractivity contribution is 5.64. The third kappa shape index (κ3) is 2.06. The largest absolute Gasteiger partial charge is 0.263 e. The molecule has 0 radical (unpaired) electrons. The summed E-state index contributed by atoms with van der Waals surface area (Å²) in [5, 5.41) is 4.31. The van der Waals surface area contributed by atoms with E-state index in [1.165, 1.54) is 0 Å². The van der Waals surface area contributed by atoms with E-state index in [1.807, 2.05) is 16.9 Å². The number of hydrogen-bond acceptors (Lipinski definition) is 1. The lowest BCUT2D eigenvalue weighted by Crippen LogP contribution is -2.13. The summed E-state index contributed by atoms with van der Waals surface area (Å²) >= 11 is 0. The Balaban J connectivity index is 3.08. The highest BCUT2D eigenvalue weighted by Gasteiger charge is 2.20. The van der Waals surface area contributed by atoms with E-state index >= 15 is 0 Å². The van der Waals surface area contributed by atoms with Crippen LogP contribution in [0.1, 0.15) is 46.4 Å². The zero-order valence-electron chi connectivity index (χ0n) is 9.83. The molecular formula is C12H20N2. The quantitative estimate of drug-likeness (QED) is 0.701. The minimum absolute atomic E-state index is 0.104. The van der Waals surface area contributed by atoms with Gasteiger partial charge in [-0.25, -0.2) is 0 Å². The summed E-state index contributed by atoms with van der Waals surface area (Å²) in [6.45, 7) is 14.9. The van der Waals surface area contributed by atoms with Crippen LogP contribution in [-0.4, -0.2) is 9.78 Å². The fourth-order valence-corrected chi connectivity index (χ4v) is 1.35. The molecule has 14 heavy (non-hydrogen) atoms. The van der Waals surface area contributed by atoms with Gasteiger partial charge in [0.1, 0.15) is 0 Å². The molecule has 0 aromatic carbocycles. The fraction of sp³-hybridized carbons (Fsp3) is 0.583. The second-order valence-corrected chi connectivity index (χ2v) is 4.98. The van der Waals surface area contributed by atoms with Crippen LogP contribution in [0.4, 0.5) is 0 Å². The van der Waals surface area contributed by atoms with Crippen molar-refractivity contribution >= 4 is 5.57 Å². The van der Waals surface area contributed by atoms with Gasteiger partial charge in [-0.1, -0.05) is 27.4 Å². The topological polar surface area (TPSA) is 17.8 Å². The predicted octanol–water partition coefficient (Wildman–Crippen LogP) is 3.52. The molecule has 0 N–H and O–H groups in total. The van der Waals surface area contributed by atoms with Gasteiger partial charge in [0.15, 0.2) is 0 Å². The molecule has 0 aliphatic heterocycles. The molecule has 0 bridgehead atoms. The van der Waals surface area contributed by atoms with Gasteiger partial charge in [0.25, 0.3) is 0 Å². The molecule has 1 rings (SSSR count). The molecule has 0 atom stereocenters. The maximum Gasteiger partial charge on any atom is 0.0644 e. The Kier molecular flexibility index (Phi) is 2.84. The predicted molar refractivity (Wildman–Crippen MR) is 61.1 cm³/mol. The first-order valence-electron chi connectivity index (χ1n) is 5.07. The van der Waals surface area contributed by atoms with Crippen molar-refractivity contribution in [2.24, 2.45) is 5.41 Å². The molecule has 1 aromatic rings. The van der Waals surface area contributed by atoms with Crippen molar-refractivity contribution in [3.8, 4) is 0 Å². The highest BCUT2D eigenvalue weighted by Crippen LogP contribution is 2.32. The van der Waals surface area contributed by atoms with Crippen molar-refractivity contribution < 1.29 is 0 Å². The van der Waals surface area contributed by atoms with Crippen molar-refractivity contribution in [2.75, 3.05) is 0 Å². The molecular weight excluding hydrogens is 172 g/mol. The summed E-state index contributed by atoms with van der Waals surface area (Å²) in [6, 6.07) is 2.42. The maximum atomic E-state index is 4.31. The number of aromatic nitrogens is 2. The standard InChI is InChI=1S/C12H20N2/c1-9(2)14-11(7-8-13-14)10(3)12(4,5)6/h7-9H,3H2,1-2,4-6H3. The SMILES string of the molecule is C=C(c1ccnn1C(C)C)C(C)(C)C. The van der Waals surface area contributed by atoms with Gasteiger partial charge in [-0.3, -0.25) is 4.68 Å². The molecule has 1 heterocycles. The van der Waals surface area contributed by atoms with E-state index in [2.05, 4.69) is 46.3 Å². The first-order valence-corrected chi connectivity index (χ1v) is 5.07. The monoisotopic (exact) mass is 192 g/mol. The van der Waals surface area contributed by atoms with Crippen molar-refractivity contribution in [1.82, 2.24) is 9.78 Å². The van der Waals surface area contributed by atoms with Crippen LogP contribution in [0.3, 0.4) is 0 Å². The van der Waals surface area contributed by atoms with Crippen LogP contribution in [0.25, 0.3) is 5.57 Å².